The van der Waals surface area contributed by atoms with Crippen LogP contribution in [0.3, 0.4) is 0 Å². The third-order valence-electron chi connectivity index (χ3n) is 2.11. The first-order valence-corrected chi connectivity index (χ1v) is 5.08. The molecule has 0 radical (unpaired) electrons. The summed E-state index contributed by atoms with van der Waals surface area (Å²) < 4.78 is 44.4. The number of alkyl halides is 3. The van der Waals surface area contributed by atoms with Crippen LogP contribution in [0.4, 0.5) is 17.6 Å². The molecular weight excluding hydrogens is 308 g/mol. The van der Waals surface area contributed by atoms with E-state index in [0.29, 0.717) is 6.61 Å². The van der Waals surface area contributed by atoms with Crippen LogP contribution >= 0.6 is 12.4 Å². The van der Waals surface area contributed by atoms with E-state index in [-0.39, 0.29) is 24.3 Å². The zero-order chi connectivity index (χ0) is 14.5. The van der Waals surface area contributed by atoms with E-state index in [1.807, 2.05) is 0 Å². The molecule has 1 unspecified atom stereocenters. The first-order chi connectivity index (χ1) is 8.80. The highest BCUT2D eigenvalue weighted by Gasteiger charge is 2.38. The van der Waals surface area contributed by atoms with Crippen LogP contribution in [0.25, 0.3) is 0 Å². The molecule has 5 nitrogen and oxygen atoms in total. The molecule has 1 fully saturated rings. The molecule has 2 heterocycles. The van der Waals surface area contributed by atoms with Gasteiger partial charge in [-0.05, 0) is 18.1 Å². The molecule has 1 atom stereocenters. The Labute approximate surface area is 117 Å². The Morgan fingerprint density at radius 2 is 2.05 bits per heavy atom. The van der Waals surface area contributed by atoms with Crippen LogP contribution in [0.5, 0.6) is 0 Å². The molecular formula is C10H11ClF4N2O3. The number of pyridine rings is 1. The van der Waals surface area contributed by atoms with Crippen LogP contribution in [-0.2, 0) is 9.63 Å². The largest absolute Gasteiger partial charge is 0.490 e. The van der Waals surface area contributed by atoms with Gasteiger partial charge in [0.1, 0.15) is 5.82 Å². The number of carbonyl (C=O) groups is 1. The van der Waals surface area contributed by atoms with Gasteiger partial charge in [0.2, 0.25) is 0 Å². The summed E-state index contributed by atoms with van der Waals surface area (Å²) in [5, 5.41) is 7.12. The fourth-order valence-electron chi connectivity index (χ4n) is 1.25. The lowest BCUT2D eigenvalue weighted by atomic mass is 10.1. The van der Waals surface area contributed by atoms with Crippen molar-refractivity contribution in [3.8, 4) is 0 Å². The minimum absolute atomic E-state index is 0. The highest BCUT2D eigenvalue weighted by molar-refractivity contribution is 5.85. The number of nitrogens with zero attached hydrogens (tertiary/aromatic N) is 1. The summed E-state index contributed by atoms with van der Waals surface area (Å²) in [6.45, 7) is 0.668. The molecule has 114 valence electrons. The van der Waals surface area contributed by atoms with Gasteiger partial charge < -0.3 is 9.94 Å². The molecule has 2 N–H and O–H groups in total. The zero-order valence-electron chi connectivity index (χ0n) is 9.85. The molecule has 0 spiro atoms. The van der Waals surface area contributed by atoms with E-state index in [1.54, 1.807) is 6.20 Å². The van der Waals surface area contributed by atoms with Crippen molar-refractivity contribution in [2.24, 2.45) is 0 Å². The number of aliphatic carboxylic acids is 1. The van der Waals surface area contributed by atoms with Crippen molar-refractivity contribution in [1.29, 1.82) is 0 Å². The van der Waals surface area contributed by atoms with Gasteiger partial charge in [-0.1, -0.05) is 0 Å². The molecule has 1 aromatic heterocycles. The number of carboxylic acids is 1. The second-order valence-corrected chi connectivity index (χ2v) is 3.55. The smallest absolute Gasteiger partial charge is 0.475 e. The molecule has 1 aliphatic heterocycles. The van der Waals surface area contributed by atoms with E-state index in [4.69, 9.17) is 14.7 Å². The molecule has 1 aliphatic rings. The van der Waals surface area contributed by atoms with Gasteiger partial charge in [-0.15, -0.1) is 12.4 Å². The summed E-state index contributed by atoms with van der Waals surface area (Å²) in [5.74, 6) is -3.06. The summed E-state index contributed by atoms with van der Waals surface area (Å²) in [6, 6.07) is 1.56. The third-order valence-corrected chi connectivity index (χ3v) is 2.11. The van der Waals surface area contributed by atoms with E-state index >= 15 is 0 Å². The number of rotatable bonds is 1. The fraction of sp³-hybridized carbons (Fsp3) is 0.400. The Morgan fingerprint density at radius 3 is 2.45 bits per heavy atom. The number of nitrogens with one attached hydrogen (secondary N) is 1. The Balaban J connectivity index is 0.000000396. The van der Waals surface area contributed by atoms with Crippen molar-refractivity contribution in [2.45, 2.75) is 18.6 Å². The van der Waals surface area contributed by atoms with E-state index in [0.717, 1.165) is 12.0 Å². The van der Waals surface area contributed by atoms with Crippen LogP contribution < -0.4 is 5.48 Å². The van der Waals surface area contributed by atoms with Gasteiger partial charge in [-0.25, -0.2) is 9.18 Å². The Kier molecular flexibility index (Phi) is 7.40. The standard InChI is InChI=1S/C8H9FN2O.C2HF3O2.ClH/c9-7-3-6(4-10-5-7)8-1-2-12-11-8;3-2(4,5)1(6)7;/h3-5,8,11H,1-2H2;(H,6,7);1H. The average molecular weight is 319 g/mol. The number of aromatic nitrogens is 1. The predicted octanol–water partition coefficient (Wildman–Crippen LogP) is 2.24. The van der Waals surface area contributed by atoms with Crippen LogP contribution in [0.1, 0.15) is 18.0 Å². The van der Waals surface area contributed by atoms with Gasteiger partial charge in [0, 0.05) is 6.20 Å². The van der Waals surface area contributed by atoms with Crippen molar-refractivity contribution < 1.29 is 32.3 Å². The lowest BCUT2D eigenvalue weighted by molar-refractivity contribution is -0.192. The highest BCUT2D eigenvalue weighted by atomic mass is 35.5. The van der Waals surface area contributed by atoms with Crippen molar-refractivity contribution in [2.75, 3.05) is 6.61 Å². The molecule has 0 amide bonds. The molecule has 0 aromatic carbocycles. The molecule has 1 saturated heterocycles. The second kappa shape index (κ2) is 7.98. The van der Waals surface area contributed by atoms with Gasteiger partial charge >= 0.3 is 12.1 Å². The van der Waals surface area contributed by atoms with E-state index in [1.165, 1.54) is 12.3 Å². The van der Waals surface area contributed by atoms with Gasteiger partial charge in [-0.3, -0.25) is 4.98 Å². The summed E-state index contributed by atoms with van der Waals surface area (Å²) in [5.41, 5.74) is 3.63. The van der Waals surface area contributed by atoms with Crippen molar-refractivity contribution >= 4 is 18.4 Å². The number of hydroxylamine groups is 1. The summed E-state index contributed by atoms with van der Waals surface area (Å²) >= 11 is 0. The molecule has 0 bridgehead atoms. The predicted molar refractivity (Wildman–Crippen MR) is 61.6 cm³/mol. The third kappa shape index (κ3) is 6.13. The normalized spacial score (nSPS) is 17.7. The minimum atomic E-state index is -5.08. The van der Waals surface area contributed by atoms with Gasteiger partial charge in [-0.2, -0.15) is 18.7 Å². The fourth-order valence-corrected chi connectivity index (χ4v) is 1.25. The first kappa shape index (κ1) is 18.6. The van der Waals surface area contributed by atoms with Crippen LogP contribution in [0.2, 0.25) is 0 Å². The first-order valence-electron chi connectivity index (χ1n) is 5.08. The summed E-state index contributed by atoms with van der Waals surface area (Å²) in [7, 11) is 0. The quantitative estimate of drug-likeness (QED) is 0.777. The number of hydrogen-bond acceptors (Lipinski definition) is 4. The Bertz CT molecular complexity index is 439. The summed E-state index contributed by atoms with van der Waals surface area (Å²) in [6.07, 6.45) is -1.38. The second-order valence-electron chi connectivity index (χ2n) is 3.55. The average Bonchev–Trinajstić information content (AvgIpc) is 2.81. The van der Waals surface area contributed by atoms with E-state index < -0.39 is 12.1 Å². The SMILES string of the molecule is Cl.Fc1cncc(C2CCON2)c1.O=C(O)C(F)(F)F. The number of hydrogen-bond donors (Lipinski definition) is 2. The van der Waals surface area contributed by atoms with Crippen LogP contribution in [-0.4, -0.2) is 28.8 Å². The van der Waals surface area contributed by atoms with Gasteiger partial charge in [0.15, 0.2) is 0 Å². The zero-order valence-corrected chi connectivity index (χ0v) is 10.7. The van der Waals surface area contributed by atoms with Crippen LogP contribution in [0.15, 0.2) is 18.5 Å². The van der Waals surface area contributed by atoms with Crippen LogP contribution in [0, 0.1) is 5.82 Å². The van der Waals surface area contributed by atoms with Crippen molar-refractivity contribution in [3.05, 3.63) is 29.8 Å². The maximum Gasteiger partial charge on any atom is 0.490 e. The monoisotopic (exact) mass is 318 g/mol. The van der Waals surface area contributed by atoms with Crippen molar-refractivity contribution in [3.63, 3.8) is 0 Å². The summed E-state index contributed by atoms with van der Waals surface area (Å²) in [4.78, 5) is 17.6. The van der Waals surface area contributed by atoms with Crippen molar-refractivity contribution in [1.82, 2.24) is 10.5 Å². The van der Waals surface area contributed by atoms with E-state index in [9.17, 15) is 17.6 Å². The molecule has 0 saturated carbocycles. The lowest BCUT2D eigenvalue weighted by Gasteiger charge is -2.06. The molecule has 1 aromatic rings. The Morgan fingerprint density at radius 1 is 1.45 bits per heavy atom. The maximum absolute atomic E-state index is 12.7. The molecule has 10 heteroatoms. The van der Waals surface area contributed by atoms with Gasteiger partial charge in [0.05, 0.1) is 18.8 Å². The van der Waals surface area contributed by atoms with E-state index in [2.05, 4.69) is 10.5 Å². The molecule has 0 aliphatic carbocycles. The molecule has 20 heavy (non-hydrogen) atoms. The highest BCUT2D eigenvalue weighted by Crippen LogP contribution is 2.20. The Hall–Kier alpha value is -1.45. The number of halogens is 5. The molecule has 2 rings (SSSR count). The topological polar surface area (TPSA) is 71.5 Å². The maximum atomic E-state index is 12.7. The lowest BCUT2D eigenvalue weighted by Crippen LogP contribution is -2.21. The van der Waals surface area contributed by atoms with Gasteiger partial charge in [0.25, 0.3) is 0 Å². The minimum Gasteiger partial charge on any atom is -0.475 e. The number of carboxylic acid groups (broad SMARTS) is 1.